The number of para-hydroxylation sites is 1. The Balaban J connectivity index is 0.00000261. The summed E-state index contributed by atoms with van der Waals surface area (Å²) in [5, 5.41) is 2.44. The fourth-order valence-corrected chi connectivity index (χ4v) is 4.49. The third kappa shape index (κ3) is 4.70. The van der Waals surface area contributed by atoms with Gasteiger partial charge in [-0.2, -0.15) is 0 Å². The molecule has 3 rings (SSSR count). The molecule has 0 fully saturated rings. The van der Waals surface area contributed by atoms with Gasteiger partial charge in [-0.25, -0.2) is 18.1 Å². The molecule has 0 unspecified atom stereocenters. The molecule has 0 saturated carbocycles. The van der Waals surface area contributed by atoms with E-state index in [0.717, 1.165) is 16.2 Å². The molecule has 5 nitrogen and oxygen atoms in total. The average Bonchev–Trinajstić information content (AvgIpc) is 3.05. The first-order valence-corrected chi connectivity index (χ1v) is 10.7. The van der Waals surface area contributed by atoms with Gasteiger partial charge in [-0.1, -0.05) is 29.8 Å². The number of aromatic nitrogens is 1. The maximum atomic E-state index is 12.1. The van der Waals surface area contributed by atoms with Gasteiger partial charge in [0.25, 0.3) is 0 Å². The second-order valence-electron chi connectivity index (χ2n) is 5.44. The lowest BCUT2D eigenvalue weighted by molar-refractivity contribution is 0.588. The largest absolute Gasteiger partial charge is 0.317 e. The average molecular weight is 489 g/mol. The predicted molar refractivity (Wildman–Crippen MR) is 117 cm³/mol. The van der Waals surface area contributed by atoms with E-state index in [1.54, 1.807) is 12.1 Å². The SMILES string of the molecule is Br.CCn1c(-c2cc(S(=O)(=O)NC)ccc2Cl)cs/c1=N/c1ccccc1. The molecule has 0 aliphatic carbocycles. The number of hydrogen-bond acceptors (Lipinski definition) is 4. The van der Waals surface area contributed by atoms with E-state index < -0.39 is 10.0 Å². The molecule has 3 aromatic rings. The van der Waals surface area contributed by atoms with Crippen LogP contribution in [-0.2, 0) is 16.6 Å². The second-order valence-corrected chi connectivity index (χ2v) is 8.57. The first-order valence-electron chi connectivity index (χ1n) is 7.98. The van der Waals surface area contributed by atoms with Crippen molar-refractivity contribution in [2.45, 2.75) is 18.4 Å². The van der Waals surface area contributed by atoms with Crippen LogP contribution in [0, 0.1) is 0 Å². The molecule has 9 heteroatoms. The summed E-state index contributed by atoms with van der Waals surface area (Å²) in [5.41, 5.74) is 2.36. The summed E-state index contributed by atoms with van der Waals surface area (Å²) in [6.07, 6.45) is 0. The summed E-state index contributed by atoms with van der Waals surface area (Å²) >= 11 is 7.86. The maximum Gasteiger partial charge on any atom is 0.240 e. The molecule has 0 saturated heterocycles. The van der Waals surface area contributed by atoms with Gasteiger partial charge in [0.2, 0.25) is 10.0 Å². The minimum Gasteiger partial charge on any atom is -0.317 e. The lowest BCUT2D eigenvalue weighted by atomic mass is 10.1. The number of sulfonamides is 1. The van der Waals surface area contributed by atoms with Crippen LogP contribution in [0.5, 0.6) is 0 Å². The molecule has 144 valence electrons. The number of hydrogen-bond donors (Lipinski definition) is 1. The second kappa shape index (κ2) is 9.16. The van der Waals surface area contributed by atoms with E-state index in [9.17, 15) is 8.42 Å². The molecule has 0 atom stereocenters. The van der Waals surface area contributed by atoms with Crippen molar-refractivity contribution in [2.75, 3.05) is 7.05 Å². The summed E-state index contributed by atoms with van der Waals surface area (Å²) in [7, 11) is -2.16. The Labute approximate surface area is 178 Å². The normalized spacial score (nSPS) is 12.0. The maximum absolute atomic E-state index is 12.1. The lowest BCUT2D eigenvalue weighted by Crippen LogP contribution is -2.19. The van der Waals surface area contributed by atoms with Gasteiger partial charge in [0.05, 0.1) is 21.3 Å². The van der Waals surface area contributed by atoms with Gasteiger partial charge < -0.3 is 4.57 Å². The minimum absolute atomic E-state index is 0. The van der Waals surface area contributed by atoms with Crippen LogP contribution in [0.15, 0.2) is 63.8 Å². The molecule has 27 heavy (non-hydrogen) atoms. The smallest absolute Gasteiger partial charge is 0.240 e. The van der Waals surface area contributed by atoms with Crippen LogP contribution in [0.25, 0.3) is 11.3 Å². The summed E-state index contributed by atoms with van der Waals surface area (Å²) in [6, 6.07) is 14.4. The van der Waals surface area contributed by atoms with E-state index >= 15 is 0 Å². The van der Waals surface area contributed by atoms with Crippen molar-refractivity contribution >= 4 is 55.6 Å². The number of thiazole rings is 1. The molecule has 1 N–H and O–H groups in total. The van der Waals surface area contributed by atoms with Crippen LogP contribution >= 0.6 is 39.9 Å². The summed E-state index contributed by atoms with van der Waals surface area (Å²) < 4.78 is 28.6. The molecule has 0 spiro atoms. The highest BCUT2D eigenvalue weighted by Gasteiger charge is 2.17. The third-order valence-corrected chi connectivity index (χ3v) is 6.49. The van der Waals surface area contributed by atoms with E-state index in [-0.39, 0.29) is 21.9 Å². The van der Waals surface area contributed by atoms with Gasteiger partial charge in [-0.3, -0.25) is 0 Å². The van der Waals surface area contributed by atoms with Gasteiger partial charge in [-0.15, -0.1) is 28.3 Å². The Hall–Kier alpha value is -1.45. The van der Waals surface area contributed by atoms with Gasteiger partial charge >= 0.3 is 0 Å². The fourth-order valence-electron chi connectivity index (χ4n) is 2.54. The molecule has 1 aromatic heterocycles. The summed E-state index contributed by atoms with van der Waals surface area (Å²) in [6.45, 7) is 2.70. The van der Waals surface area contributed by atoms with Crippen LogP contribution < -0.4 is 9.52 Å². The molecule has 0 amide bonds. The van der Waals surface area contributed by atoms with Crippen LogP contribution in [-0.4, -0.2) is 20.0 Å². The van der Waals surface area contributed by atoms with Crippen molar-refractivity contribution in [1.29, 1.82) is 0 Å². The molecule has 0 radical (unpaired) electrons. The summed E-state index contributed by atoms with van der Waals surface area (Å²) in [4.78, 5) is 5.68. The monoisotopic (exact) mass is 487 g/mol. The quantitative estimate of drug-likeness (QED) is 0.570. The van der Waals surface area contributed by atoms with E-state index in [4.69, 9.17) is 11.6 Å². The summed E-state index contributed by atoms with van der Waals surface area (Å²) in [5.74, 6) is 0. The molecule has 0 bridgehead atoms. The van der Waals surface area contributed by atoms with Crippen LogP contribution in [0.2, 0.25) is 5.02 Å². The van der Waals surface area contributed by atoms with Gasteiger partial charge in [0.1, 0.15) is 0 Å². The Morgan fingerprint density at radius 1 is 1.19 bits per heavy atom. The Kier molecular flexibility index (Phi) is 7.41. The van der Waals surface area contributed by atoms with Crippen molar-refractivity contribution in [1.82, 2.24) is 9.29 Å². The van der Waals surface area contributed by atoms with E-state index in [2.05, 4.69) is 9.71 Å². The highest BCUT2D eigenvalue weighted by atomic mass is 79.9. The Morgan fingerprint density at radius 2 is 1.89 bits per heavy atom. The van der Waals surface area contributed by atoms with Crippen LogP contribution in [0.3, 0.4) is 0 Å². The van der Waals surface area contributed by atoms with E-state index in [1.807, 2.05) is 47.2 Å². The third-order valence-electron chi connectivity index (χ3n) is 3.89. The van der Waals surface area contributed by atoms with Gasteiger partial charge in [0.15, 0.2) is 4.80 Å². The first-order chi connectivity index (χ1) is 12.5. The van der Waals surface area contributed by atoms with Crippen molar-refractivity contribution in [3.63, 3.8) is 0 Å². The predicted octanol–water partition coefficient (Wildman–Crippen LogP) is 4.61. The first kappa shape index (κ1) is 21.8. The Morgan fingerprint density at radius 3 is 2.52 bits per heavy atom. The zero-order chi connectivity index (χ0) is 18.7. The lowest BCUT2D eigenvalue weighted by Gasteiger charge is -2.10. The van der Waals surface area contributed by atoms with Gasteiger partial charge in [-0.05, 0) is 44.3 Å². The Bertz CT molecular complexity index is 1090. The van der Waals surface area contributed by atoms with Crippen LogP contribution in [0.4, 0.5) is 5.69 Å². The molecule has 0 aliphatic rings. The number of halogens is 2. The minimum atomic E-state index is -3.54. The molecular weight excluding hydrogens is 470 g/mol. The van der Waals surface area contributed by atoms with Crippen LogP contribution in [0.1, 0.15) is 6.92 Å². The highest BCUT2D eigenvalue weighted by molar-refractivity contribution is 8.93. The zero-order valence-corrected chi connectivity index (χ0v) is 18.8. The van der Waals surface area contributed by atoms with Crippen molar-refractivity contribution < 1.29 is 8.42 Å². The molecular formula is C18H19BrClN3O2S2. The highest BCUT2D eigenvalue weighted by Crippen LogP contribution is 2.31. The van der Waals surface area contributed by atoms with Gasteiger partial charge in [0, 0.05) is 17.5 Å². The molecule has 0 aliphatic heterocycles. The number of rotatable bonds is 5. The van der Waals surface area contributed by atoms with Crippen molar-refractivity contribution in [3.8, 4) is 11.3 Å². The number of nitrogens with zero attached hydrogens (tertiary/aromatic N) is 2. The number of benzene rings is 2. The standard InChI is InChI=1S/C18H18ClN3O2S2.BrH/c1-3-22-17(12-25-18(22)21-13-7-5-4-6-8-13)15-11-14(9-10-16(15)19)26(23,24)20-2;/h4-12,20H,3H2,1-2H3;1H/b21-18+;. The van der Waals surface area contributed by atoms with Crippen molar-refractivity contribution in [2.24, 2.45) is 4.99 Å². The number of nitrogens with one attached hydrogen (secondary N) is 1. The van der Waals surface area contributed by atoms with E-state index in [1.165, 1.54) is 24.5 Å². The van der Waals surface area contributed by atoms with Crippen molar-refractivity contribution in [3.05, 3.63) is 63.7 Å². The zero-order valence-electron chi connectivity index (χ0n) is 14.7. The molecule has 2 aromatic carbocycles. The van der Waals surface area contributed by atoms with E-state index in [0.29, 0.717) is 17.1 Å². The topological polar surface area (TPSA) is 63.5 Å². The fraction of sp³-hybridized carbons (Fsp3) is 0.167. The molecule has 1 heterocycles.